The van der Waals surface area contributed by atoms with Crippen LogP contribution in [0.3, 0.4) is 0 Å². The number of benzene rings is 2. The number of rotatable bonds is 7. The van der Waals surface area contributed by atoms with Crippen molar-refractivity contribution in [3.8, 4) is 11.8 Å². The molecule has 1 N–H and O–H groups in total. The van der Waals surface area contributed by atoms with E-state index in [-0.39, 0.29) is 5.78 Å². The maximum absolute atomic E-state index is 10.1. The number of nitrogens with zero attached hydrogens (tertiary/aromatic N) is 1. The van der Waals surface area contributed by atoms with Crippen molar-refractivity contribution >= 4 is 17.9 Å². The second-order valence-corrected chi connectivity index (χ2v) is 9.98. The van der Waals surface area contributed by atoms with Crippen LogP contribution in [-0.2, 0) is 16.0 Å². The Labute approximate surface area is 232 Å². The Balaban J connectivity index is 0.000000502. The molecule has 1 aliphatic carbocycles. The normalized spacial score (nSPS) is 15.6. The van der Waals surface area contributed by atoms with E-state index in [9.17, 15) is 9.59 Å². The highest BCUT2D eigenvalue weighted by atomic mass is 16.5. The van der Waals surface area contributed by atoms with E-state index in [1.807, 2.05) is 13.0 Å². The number of ether oxygens (including phenoxy) is 1. The number of Topliss-reactive ketones (excluding diaryl/α,β-unsaturated/α-hetero) is 1. The van der Waals surface area contributed by atoms with Gasteiger partial charge >= 0.3 is 0 Å². The first-order valence-electron chi connectivity index (χ1n) is 14.0. The lowest BCUT2D eigenvalue weighted by molar-refractivity contribution is -0.116. The van der Waals surface area contributed by atoms with Crippen molar-refractivity contribution in [1.29, 1.82) is 5.26 Å². The standard InChI is InChI=1S/C10H14.C10H20.C9H8N2O2.C4H8O/c1-4-10-8(2)6-5-7-9(10)3;1-3-4-10-7-5-9(2)6-8-10;1-13-9-3-2-8(11-6-12)4-7(9)5-10;1-3-4(2)5/h5-7H,4H2,1-3H3;9-10H,3-8H2,1-2H3;2-4,6H,1H3,(H,11,12);3H2,1-2H3. The zero-order valence-corrected chi connectivity index (χ0v) is 25.0. The molecule has 5 heteroatoms. The fourth-order valence-electron chi connectivity index (χ4n) is 4.39. The summed E-state index contributed by atoms with van der Waals surface area (Å²) in [4.78, 5) is 19.9. The van der Waals surface area contributed by atoms with E-state index in [0.29, 0.717) is 29.8 Å². The monoisotopic (exact) mass is 522 g/mol. The van der Waals surface area contributed by atoms with Crippen LogP contribution in [0.15, 0.2) is 36.4 Å². The number of nitrogens with one attached hydrogen (secondary N) is 1. The van der Waals surface area contributed by atoms with E-state index in [0.717, 1.165) is 18.3 Å². The highest BCUT2D eigenvalue weighted by molar-refractivity contribution is 5.75. The maximum Gasteiger partial charge on any atom is 0.211 e. The molecule has 0 radical (unpaired) electrons. The van der Waals surface area contributed by atoms with Crippen molar-refractivity contribution in [2.24, 2.45) is 11.8 Å². The molecule has 0 bridgehead atoms. The average molecular weight is 523 g/mol. The Morgan fingerprint density at radius 2 is 1.66 bits per heavy atom. The highest BCUT2D eigenvalue weighted by Crippen LogP contribution is 2.30. The van der Waals surface area contributed by atoms with Gasteiger partial charge in [-0.3, -0.25) is 4.79 Å². The lowest BCUT2D eigenvalue weighted by Crippen LogP contribution is -2.11. The summed E-state index contributed by atoms with van der Waals surface area (Å²) in [6, 6.07) is 13.3. The number of carbonyl (C=O) groups excluding carboxylic acids is 2. The molecule has 0 unspecified atom stereocenters. The Bertz CT molecular complexity index is 966. The molecule has 2 aromatic carbocycles. The van der Waals surface area contributed by atoms with E-state index in [2.05, 4.69) is 58.1 Å². The predicted octanol–water partition coefficient (Wildman–Crippen LogP) is 8.60. The molecular formula is C33H50N2O3. The average Bonchev–Trinajstić information content (AvgIpc) is 2.91. The van der Waals surface area contributed by atoms with Gasteiger partial charge in [0.05, 0.1) is 12.7 Å². The van der Waals surface area contributed by atoms with Crippen LogP contribution in [0.25, 0.3) is 0 Å². The number of aryl methyl sites for hydroxylation is 2. The van der Waals surface area contributed by atoms with Crippen molar-refractivity contribution < 1.29 is 14.3 Å². The zero-order valence-electron chi connectivity index (χ0n) is 25.0. The number of hydrogen-bond acceptors (Lipinski definition) is 4. The number of methoxy groups -OCH3 is 1. The van der Waals surface area contributed by atoms with Crippen molar-refractivity contribution in [2.75, 3.05) is 12.4 Å². The number of anilines is 1. The van der Waals surface area contributed by atoms with Gasteiger partial charge in [0.25, 0.3) is 0 Å². The first-order valence-corrected chi connectivity index (χ1v) is 14.0. The van der Waals surface area contributed by atoms with Crippen LogP contribution in [-0.4, -0.2) is 19.3 Å². The third kappa shape index (κ3) is 14.6. The van der Waals surface area contributed by atoms with Gasteiger partial charge in [-0.15, -0.1) is 0 Å². The highest BCUT2D eigenvalue weighted by Gasteiger charge is 2.16. The van der Waals surface area contributed by atoms with Crippen LogP contribution in [0, 0.1) is 37.0 Å². The maximum atomic E-state index is 10.1. The molecule has 0 aromatic heterocycles. The molecule has 1 saturated carbocycles. The summed E-state index contributed by atoms with van der Waals surface area (Å²) >= 11 is 0. The molecular weight excluding hydrogens is 472 g/mol. The van der Waals surface area contributed by atoms with Crippen molar-refractivity contribution in [3.05, 3.63) is 58.7 Å². The lowest BCUT2D eigenvalue weighted by Gasteiger charge is -2.25. The van der Waals surface area contributed by atoms with Crippen LogP contribution in [0.5, 0.6) is 5.75 Å². The second-order valence-electron chi connectivity index (χ2n) is 9.98. The molecule has 1 aliphatic rings. The molecule has 0 spiro atoms. The van der Waals surface area contributed by atoms with Gasteiger partial charge in [0, 0.05) is 12.1 Å². The fourth-order valence-corrected chi connectivity index (χ4v) is 4.39. The number of carbonyl (C=O) groups is 2. The third-order valence-corrected chi connectivity index (χ3v) is 6.87. The van der Waals surface area contributed by atoms with E-state index >= 15 is 0 Å². The molecule has 210 valence electrons. The van der Waals surface area contributed by atoms with Crippen LogP contribution in [0.4, 0.5) is 5.69 Å². The first kappa shape index (κ1) is 34.9. The fraction of sp³-hybridized carbons (Fsp3) is 0.545. The zero-order chi connectivity index (χ0) is 28.9. The van der Waals surface area contributed by atoms with E-state index in [1.165, 1.54) is 62.3 Å². The van der Waals surface area contributed by atoms with Crippen LogP contribution in [0.2, 0.25) is 0 Å². The van der Waals surface area contributed by atoms with Gasteiger partial charge in [0.15, 0.2) is 0 Å². The molecule has 2 aromatic rings. The predicted molar refractivity (Wildman–Crippen MR) is 160 cm³/mol. The summed E-state index contributed by atoms with van der Waals surface area (Å²) in [6.07, 6.45) is 11.2. The van der Waals surface area contributed by atoms with E-state index in [1.54, 1.807) is 25.1 Å². The number of ketones is 1. The summed E-state index contributed by atoms with van der Waals surface area (Å²) in [5, 5.41) is 11.1. The van der Waals surface area contributed by atoms with E-state index in [4.69, 9.17) is 10.00 Å². The Morgan fingerprint density at radius 3 is 2.05 bits per heavy atom. The molecule has 0 heterocycles. The lowest BCUT2D eigenvalue weighted by atomic mass is 9.81. The molecule has 1 amide bonds. The smallest absolute Gasteiger partial charge is 0.211 e. The quantitative estimate of drug-likeness (QED) is 0.369. The van der Waals surface area contributed by atoms with Gasteiger partial charge in [-0.05, 0) is 73.9 Å². The third-order valence-electron chi connectivity index (χ3n) is 6.87. The van der Waals surface area contributed by atoms with Gasteiger partial charge in [0.2, 0.25) is 6.41 Å². The van der Waals surface area contributed by atoms with Crippen molar-refractivity contribution in [1.82, 2.24) is 0 Å². The number of nitriles is 1. The van der Waals surface area contributed by atoms with Gasteiger partial charge in [-0.1, -0.05) is 84.4 Å². The summed E-state index contributed by atoms with van der Waals surface area (Å²) in [5.74, 6) is 2.86. The minimum Gasteiger partial charge on any atom is -0.495 e. The van der Waals surface area contributed by atoms with Crippen LogP contribution >= 0.6 is 0 Å². The second kappa shape index (κ2) is 20.9. The number of hydrogen-bond donors (Lipinski definition) is 1. The summed E-state index contributed by atoms with van der Waals surface area (Å²) in [5.41, 5.74) is 5.31. The Hall–Kier alpha value is -3.13. The summed E-state index contributed by atoms with van der Waals surface area (Å²) in [7, 11) is 1.49. The first-order chi connectivity index (χ1) is 18.2. The van der Waals surface area contributed by atoms with Crippen molar-refractivity contribution in [2.45, 2.75) is 99.8 Å². The molecule has 38 heavy (non-hydrogen) atoms. The topological polar surface area (TPSA) is 79.2 Å². The molecule has 0 aliphatic heterocycles. The van der Waals surface area contributed by atoms with Gasteiger partial charge in [-0.25, -0.2) is 0 Å². The SMILES string of the molecule is CCC(C)=O.CCCC1CCC(C)CC1.CCc1c(C)cccc1C.COc1ccc(NC=O)cc1C#N. The molecule has 0 atom stereocenters. The molecule has 0 saturated heterocycles. The number of amides is 1. The van der Waals surface area contributed by atoms with Crippen LogP contribution < -0.4 is 10.1 Å². The minimum absolute atomic E-state index is 0.255. The van der Waals surface area contributed by atoms with Gasteiger partial charge in [-0.2, -0.15) is 5.26 Å². The molecule has 1 fully saturated rings. The van der Waals surface area contributed by atoms with E-state index < -0.39 is 0 Å². The largest absolute Gasteiger partial charge is 0.495 e. The summed E-state index contributed by atoms with van der Waals surface area (Å²) < 4.78 is 4.93. The van der Waals surface area contributed by atoms with Crippen LogP contribution in [0.1, 0.15) is 102 Å². The Morgan fingerprint density at radius 1 is 1.08 bits per heavy atom. The minimum atomic E-state index is 0.255. The van der Waals surface area contributed by atoms with Gasteiger partial charge in [0.1, 0.15) is 17.6 Å². The molecule has 5 nitrogen and oxygen atoms in total. The van der Waals surface area contributed by atoms with Gasteiger partial charge < -0.3 is 14.8 Å². The van der Waals surface area contributed by atoms with Crippen molar-refractivity contribution in [3.63, 3.8) is 0 Å². The summed E-state index contributed by atoms with van der Waals surface area (Å²) in [6.45, 7) is 14.7. The Kier molecular flexibility index (Phi) is 19.2. The molecule has 3 rings (SSSR count).